The fourth-order valence-electron chi connectivity index (χ4n) is 1.56. The smallest absolute Gasteiger partial charge is 0.229 e. The second-order valence-corrected chi connectivity index (χ2v) is 4.70. The minimum Gasteiger partial charge on any atom is -0.292 e. The van der Waals surface area contributed by atoms with E-state index in [9.17, 15) is 8.42 Å². The van der Waals surface area contributed by atoms with E-state index in [1.54, 1.807) is 6.07 Å². The molecule has 0 saturated carbocycles. The predicted octanol–water partition coefficient (Wildman–Crippen LogP) is 0.0769. The molecule has 0 fully saturated rings. The van der Waals surface area contributed by atoms with Gasteiger partial charge in [-0.1, -0.05) is 24.3 Å². The van der Waals surface area contributed by atoms with Gasteiger partial charge in [0.2, 0.25) is 10.0 Å². The van der Waals surface area contributed by atoms with Crippen LogP contribution in [0.2, 0.25) is 0 Å². The topological polar surface area (TPSA) is 72.2 Å². The highest BCUT2D eigenvalue weighted by Gasteiger charge is 2.29. The molecule has 1 aliphatic heterocycles. The standard InChI is InChI=1S/C8H10N2O2S/c9-13(11,12)8-7-4-2-1-3-6(7)5-10-8/h1-4,8,10H,5H2,(H2,9,11,12). The van der Waals surface area contributed by atoms with Crippen LogP contribution in [-0.2, 0) is 16.6 Å². The normalized spacial score (nSPS) is 21.5. The Kier molecular flexibility index (Phi) is 1.87. The number of hydrogen-bond acceptors (Lipinski definition) is 3. The van der Waals surface area contributed by atoms with E-state index in [0.717, 1.165) is 11.1 Å². The Morgan fingerprint density at radius 3 is 2.77 bits per heavy atom. The monoisotopic (exact) mass is 198 g/mol. The van der Waals surface area contributed by atoms with Crippen molar-refractivity contribution in [2.75, 3.05) is 0 Å². The van der Waals surface area contributed by atoms with Gasteiger partial charge in [-0.15, -0.1) is 0 Å². The Labute approximate surface area is 76.8 Å². The van der Waals surface area contributed by atoms with Crippen molar-refractivity contribution in [1.29, 1.82) is 0 Å². The summed E-state index contributed by atoms with van der Waals surface area (Å²) in [5.41, 5.74) is 1.77. The molecule has 4 nitrogen and oxygen atoms in total. The Balaban J connectivity index is 2.51. The maximum Gasteiger partial charge on any atom is 0.229 e. The second-order valence-electron chi connectivity index (χ2n) is 3.05. The molecule has 0 aliphatic carbocycles. The quantitative estimate of drug-likeness (QED) is 0.671. The summed E-state index contributed by atoms with van der Waals surface area (Å²) in [6.07, 6.45) is 0. The van der Waals surface area contributed by atoms with Gasteiger partial charge in [-0.3, -0.25) is 5.32 Å². The number of primary sulfonamides is 1. The lowest BCUT2D eigenvalue weighted by Gasteiger charge is -2.08. The van der Waals surface area contributed by atoms with Crippen molar-refractivity contribution in [1.82, 2.24) is 5.32 Å². The molecule has 0 aromatic heterocycles. The van der Waals surface area contributed by atoms with Gasteiger partial charge >= 0.3 is 0 Å². The number of fused-ring (bicyclic) bond motifs is 1. The summed E-state index contributed by atoms with van der Waals surface area (Å²) in [6.45, 7) is 0.567. The summed E-state index contributed by atoms with van der Waals surface area (Å²) in [5, 5.41) is 7.18. The molecule has 0 bridgehead atoms. The van der Waals surface area contributed by atoms with Gasteiger partial charge in [-0.05, 0) is 11.1 Å². The molecule has 5 heteroatoms. The SMILES string of the molecule is NS(=O)(=O)C1NCc2ccccc21. The average Bonchev–Trinajstić information content (AvgIpc) is 2.45. The van der Waals surface area contributed by atoms with Crippen molar-refractivity contribution in [3.8, 4) is 0 Å². The fourth-order valence-corrected chi connectivity index (χ4v) is 2.46. The molecular weight excluding hydrogens is 188 g/mol. The lowest BCUT2D eigenvalue weighted by molar-refractivity contribution is 0.570. The molecule has 0 saturated heterocycles. The zero-order valence-corrected chi connectivity index (χ0v) is 7.71. The van der Waals surface area contributed by atoms with E-state index in [1.807, 2.05) is 18.2 Å². The highest BCUT2D eigenvalue weighted by Crippen LogP contribution is 2.27. The van der Waals surface area contributed by atoms with E-state index in [1.165, 1.54) is 0 Å². The van der Waals surface area contributed by atoms with Gasteiger partial charge in [0.1, 0.15) is 0 Å². The van der Waals surface area contributed by atoms with Crippen LogP contribution in [0.15, 0.2) is 24.3 Å². The van der Waals surface area contributed by atoms with Crippen molar-refractivity contribution in [3.63, 3.8) is 0 Å². The van der Waals surface area contributed by atoms with Crippen molar-refractivity contribution in [2.45, 2.75) is 11.9 Å². The highest BCUT2D eigenvalue weighted by molar-refractivity contribution is 7.89. The number of nitrogens with one attached hydrogen (secondary N) is 1. The molecule has 3 N–H and O–H groups in total. The molecular formula is C8H10N2O2S. The molecule has 0 radical (unpaired) electrons. The fraction of sp³-hybridized carbons (Fsp3) is 0.250. The molecule has 1 aliphatic rings. The zero-order valence-electron chi connectivity index (χ0n) is 6.90. The second kappa shape index (κ2) is 2.80. The van der Waals surface area contributed by atoms with E-state index in [-0.39, 0.29) is 0 Å². The predicted molar refractivity (Wildman–Crippen MR) is 49.1 cm³/mol. The van der Waals surface area contributed by atoms with Gasteiger partial charge in [0.25, 0.3) is 0 Å². The minimum atomic E-state index is -3.53. The first kappa shape index (κ1) is 8.68. The first-order valence-electron chi connectivity index (χ1n) is 3.92. The van der Waals surface area contributed by atoms with Crippen LogP contribution >= 0.6 is 0 Å². The van der Waals surface area contributed by atoms with Crippen LogP contribution in [0, 0.1) is 0 Å². The number of sulfonamides is 1. The maximum atomic E-state index is 11.1. The third-order valence-corrected chi connectivity index (χ3v) is 3.22. The summed E-state index contributed by atoms with van der Waals surface area (Å²) >= 11 is 0. The van der Waals surface area contributed by atoms with E-state index < -0.39 is 15.4 Å². The molecule has 1 aromatic rings. The van der Waals surface area contributed by atoms with Crippen LogP contribution in [-0.4, -0.2) is 8.42 Å². The van der Waals surface area contributed by atoms with Crippen molar-refractivity contribution < 1.29 is 8.42 Å². The molecule has 1 unspecified atom stereocenters. The largest absolute Gasteiger partial charge is 0.292 e. The van der Waals surface area contributed by atoms with Crippen LogP contribution < -0.4 is 10.5 Å². The van der Waals surface area contributed by atoms with Crippen LogP contribution in [0.4, 0.5) is 0 Å². The summed E-state index contributed by atoms with van der Waals surface area (Å²) in [6, 6.07) is 7.37. The molecule has 70 valence electrons. The summed E-state index contributed by atoms with van der Waals surface area (Å²) < 4.78 is 22.2. The zero-order chi connectivity index (χ0) is 9.47. The number of rotatable bonds is 1. The molecule has 0 amide bonds. The van der Waals surface area contributed by atoms with Crippen LogP contribution in [0.3, 0.4) is 0 Å². The van der Waals surface area contributed by atoms with Gasteiger partial charge in [0.15, 0.2) is 5.37 Å². The van der Waals surface area contributed by atoms with E-state index in [0.29, 0.717) is 6.54 Å². The Hall–Kier alpha value is -0.910. The number of hydrogen-bond donors (Lipinski definition) is 2. The first-order valence-corrected chi connectivity index (χ1v) is 5.53. The van der Waals surface area contributed by atoms with Crippen LogP contribution in [0.5, 0.6) is 0 Å². The molecule has 2 rings (SSSR count). The maximum absolute atomic E-state index is 11.1. The Morgan fingerprint density at radius 2 is 2.08 bits per heavy atom. The minimum absolute atomic E-state index is 0.567. The van der Waals surface area contributed by atoms with Crippen LogP contribution in [0.25, 0.3) is 0 Å². The first-order chi connectivity index (χ1) is 6.09. The van der Waals surface area contributed by atoms with Gasteiger partial charge in [0, 0.05) is 6.54 Å². The van der Waals surface area contributed by atoms with Gasteiger partial charge in [0.05, 0.1) is 0 Å². The Morgan fingerprint density at radius 1 is 1.38 bits per heavy atom. The third kappa shape index (κ3) is 1.46. The van der Waals surface area contributed by atoms with Crippen LogP contribution in [0.1, 0.15) is 16.5 Å². The summed E-state index contributed by atoms with van der Waals surface area (Å²) in [5.74, 6) is 0. The molecule has 1 aromatic carbocycles. The third-order valence-electron chi connectivity index (χ3n) is 2.14. The van der Waals surface area contributed by atoms with Gasteiger partial charge in [-0.25, -0.2) is 13.6 Å². The highest BCUT2D eigenvalue weighted by atomic mass is 32.2. The van der Waals surface area contributed by atoms with Gasteiger partial charge in [-0.2, -0.15) is 0 Å². The van der Waals surface area contributed by atoms with Crippen molar-refractivity contribution in [2.24, 2.45) is 5.14 Å². The lowest BCUT2D eigenvalue weighted by atomic mass is 10.1. The summed E-state index contributed by atoms with van der Waals surface area (Å²) in [7, 11) is -3.53. The Bertz CT molecular complexity index is 428. The van der Waals surface area contributed by atoms with E-state index in [2.05, 4.69) is 5.32 Å². The molecule has 1 heterocycles. The van der Waals surface area contributed by atoms with E-state index in [4.69, 9.17) is 5.14 Å². The summed E-state index contributed by atoms with van der Waals surface area (Å²) in [4.78, 5) is 0. The molecule has 1 atom stereocenters. The number of benzene rings is 1. The molecule has 0 spiro atoms. The average molecular weight is 198 g/mol. The van der Waals surface area contributed by atoms with Crippen molar-refractivity contribution >= 4 is 10.0 Å². The van der Waals surface area contributed by atoms with Gasteiger partial charge < -0.3 is 0 Å². The van der Waals surface area contributed by atoms with Crippen molar-refractivity contribution in [3.05, 3.63) is 35.4 Å². The molecule has 13 heavy (non-hydrogen) atoms. The lowest BCUT2D eigenvalue weighted by Crippen LogP contribution is -2.28. The number of nitrogens with two attached hydrogens (primary N) is 1. The van der Waals surface area contributed by atoms with E-state index >= 15 is 0 Å².